The number of carbonyl (C=O) groups excluding carboxylic acids is 4. The van der Waals surface area contributed by atoms with E-state index in [1.165, 1.54) is 0 Å². The summed E-state index contributed by atoms with van der Waals surface area (Å²) in [5, 5.41) is 15.7. The molecule has 0 spiro atoms. The summed E-state index contributed by atoms with van der Waals surface area (Å²) in [6.45, 7) is 8.15. The van der Waals surface area contributed by atoms with Crippen LogP contribution < -0.4 is 10.6 Å². The second-order valence-corrected chi connectivity index (χ2v) is 11.5. The lowest BCUT2D eigenvalue weighted by Gasteiger charge is -2.36. The quantitative estimate of drug-likeness (QED) is 0.117. The topological polar surface area (TPSA) is 134 Å². The molecule has 3 atom stereocenters. The fraction of sp³-hybridized carbons (Fsp3) is 0.444. The van der Waals surface area contributed by atoms with Gasteiger partial charge in [-0.2, -0.15) is 0 Å². The van der Waals surface area contributed by atoms with Gasteiger partial charge in [0, 0.05) is 25.9 Å². The number of aliphatic hydroxyl groups is 1. The number of alkyl carbamates (subject to hydrolysis) is 1. The molecule has 0 radical (unpaired) electrons. The van der Waals surface area contributed by atoms with E-state index in [0.717, 1.165) is 16.7 Å². The van der Waals surface area contributed by atoms with Crippen LogP contribution in [0.3, 0.4) is 0 Å². The van der Waals surface area contributed by atoms with Gasteiger partial charge in [-0.05, 0) is 55.2 Å². The highest BCUT2D eigenvalue weighted by Crippen LogP contribution is 2.25. The number of hydrogen-bond donors (Lipinski definition) is 3. The highest BCUT2D eigenvalue weighted by Gasteiger charge is 2.32. The largest absolute Gasteiger partial charge is 0.463 e. The Bertz CT molecular complexity index is 1300. The molecule has 3 amide bonds. The molecule has 46 heavy (non-hydrogen) atoms. The number of benzene rings is 2. The van der Waals surface area contributed by atoms with Crippen molar-refractivity contribution in [3.63, 3.8) is 0 Å². The average molecular weight is 634 g/mol. The maximum atomic E-state index is 13.5. The Labute approximate surface area is 271 Å². The van der Waals surface area contributed by atoms with E-state index in [0.29, 0.717) is 45.2 Å². The Hall–Kier alpha value is -4.44. The number of nitrogens with one attached hydrogen (secondary N) is 2. The number of hydrogen-bond acceptors (Lipinski definition) is 7. The molecule has 248 valence electrons. The number of amides is 3. The molecule has 0 unspecified atom stereocenters. The van der Waals surface area contributed by atoms with Gasteiger partial charge in [0.25, 0.3) is 0 Å². The molecular weight excluding hydrogens is 586 g/mol. The van der Waals surface area contributed by atoms with Gasteiger partial charge in [-0.25, -0.2) is 4.79 Å². The monoisotopic (exact) mass is 633 g/mol. The molecule has 1 aliphatic heterocycles. The Morgan fingerprint density at radius 2 is 1.72 bits per heavy atom. The van der Waals surface area contributed by atoms with Crippen LogP contribution in [0.5, 0.6) is 0 Å². The summed E-state index contributed by atoms with van der Waals surface area (Å²) in [7, 11) is 0. The molecule has 0 bridgehead atoms. The maximum absolute atomic E-state index is 13.5. The molecule has 10 heteroatoms. The number of fused-ring (bicyclic) bond motifs is 1. The van der Waals surface area contributed by atoms with Crippen LogP contribution in [-0.2, 0) is 43.4 Å². The number of ether oxygens (including phenoxy) is 2. The molecular formula is C36H47N3O7. The minimum Gasteiger partial charge on any atom is -0.463 e. The van der Waals surface area contributed by atoms with Crippen LogP contribution in [0.4, 0.5) is 4.79 Å². The minimum absolute atomic E-state index is 0.0154. The van der Waals surface area contributed by atoms with Gasteiger partial charge in [0.15, 0.2) is 0 Å². The van der Waals surface area contributed by atoms with Crippen LogP contribution in [0, 0.1) is 5.92 Å². The molecule has 0 fully saturated rings. The number of aliphatic hydroxyl groups excluding tert-OH is 1. The first-order chi connectivity index (χ1) is 22.3. The van der Waals surface area contributed by atoms with E-state index in [4.69, 9.17) is 9.47 Å². The SMILES string of the molecule is C=CCCC(=O)OC[C@H](CCCCNC(=O)OCc1ccccc1)NC(=O)[C@@H](CC=C)CC(=O)N1Cc2ccccc2C[C@H]1CO. The molecule has 2 aromatic carbocycles. The van der Waals surface area contributed by atoms with Crippen LogP contribution in [0.15, 0.2) is 79.9 Å². The second kappa shape index (κ2) is 19.8. The van der Waals surface area contributed by atoms with E-state index >= 15 is 0 Å². The van der Waals surface area contributed by atoms with Gasteiger partial charge in [0.05, 0.1) is 24.6 Å². The summed E-state index contributed by atoms with van der Waals surface area (Å²) in [5.74, 6) is -1.61. The van der Waals surface area contributed by atoms with Crippen molar-refractivity contribution >= 4 is 23.9 Å². The number of esters is 1. The third-order valence-corrected chi connectivity index (χ3v) is 7.94. The van der Waals surface area contributed by atoms with E-state index in [2.05, 4.69) is 23.8 Å². The Morgan fingerprint density at radius 3 is 2.43 bits per heavy atom. The molecule has 0 saturated heterocycles. The smallest absolute Gasteiger partial charge is 0.407 e. The zero-order chi connectivity index (χ0) is 33.1. The van der Waals surface area contributed by atoms with Crippen molar-refractivity contribution in [1.29, 1.82) is 0 Å². The Morgan fingerprint density at radius 1 is 0.978 bits per heavy atom. The van der Waals surface area contributed by atoms with Crippen molar-refractivity contribution in [2.24, 2.45) is 5.92 Å². The second-order valence-electron chi connectivity index (χ2n) is 11.5. The van der Waals surface area contributed by atoms with E-state index < -0.39 is 18.1 Å². The van der Waals surface area contributed by atoms with Crippen molar-refractivity contribution in [2.75, 3.05) is 19.8 Å². The van der Waals surface area contributed by atoms with Crippen molar-refractivity contribution < 1.29 is 33.8 Å². The van der Waals surface area contributed by atoms with Gasteiger partial charge < -0.3 is 30.1 Å². The lowest BCUT2D eigenvalue weighted by molar-refractivity contribution is -0.145. The van der Waals surface area contributed by atoms with Crippen LogP contribution in [0.1, 0.15) is 61.6 Å². The van der Waals surface area contributed by atoms with Crippen molar-refractivity contribution in [1.82, 2.24) is 15.5 Å². The summed E-state index contributed by atoms with van der Waals surface area (Å²) in [6.07, 6.45) is 5.94. The van der Waals surface area contributed by atoms with Gasteiger partial charge in [0.2, 0.25) is 11.8 Å². The number of carbonyl (C=O) groups is 4. The Kier molecular flexibility index (Phi) is 15.5. The lowest BCUT2D eigenvalue weighted by atomic mass is 9.92. The number of unbranched alkanes of at least 4 members (excludes halogenated alkanes) is 1. The van der Waals surface area contributed by atoms with Gasteiger partial charge in [-0.1, -0.05) is 66.7 Å². The molecule has 0 aliphatic carbocycles. The third kappa shape index (κ3) is 12.2. The zero-order valence-electron chi connectivity index (χ0n) is 26.5. The first kappa shape index (κ1) is 36.0. The van der Waals surface area contributed by atoms with E-state index in [1.54, 1.807) is 17.1 Å². The fourth-order valence-corrected chi connectivity index (χ4v) is 5.34. The van der Waals surface area contributed by atoms with E-state index in [9.17, 15) is 24.3 Å². The standard InChI is InChI=1S/C36H47N3O7/c1-3-5-19-34(42)45-26-31(18-11-12-20-37-36(44)46-25-27-14-7-6-8-15-27)38-35(43)29(13-4-2)22-33(41)39-23-30-17-10-9-16-28(30)21-32(39)24-40/h3-4,6-10,14-17,29,31-32,40H,1-2,5,11-13,18-26H2,(H,37,44)(H,38,43)/t29-,31-,32-/m0/s1. The summed E-state index contributed by atoms with van der Waals surface area (Å²) in [6, 6.07) is 16.4. The van der Waals surface area contributed by atoms with Crippen LogP contribution >= 0.6 is 0 Å². The van der Waals surface area contributed by atoms with Crippen LogP contribution in [0.2, 0.25) is 0 Å². The fourth-order valence-electron chi connectivity index (χ4n) is 5.34. The first-order valence-corrected chi connectivity index (χ1v) is 15.9. The van der Waals surface area contributed by atoms with E-state index in [-0.39, 0.29) is 62.9 Å². The number of nitrogens with zero attached hydrogens (tertiary/aromatic N) is 1. The predicted octanol–water partition coefficient (Wildman–Crippen LogP) is 4.61. The number of rotatable bonds is 19. The van der Waals surface area contributed by atoms with Crippen LogP contribution in [0.25, 0.3) is 0 Å². The third-order valence-electron chi connectivity index (χ3n) is 7.94. The van der Waals surface area contributed by atoms with Gasteiger partial charge in [-0.15, -0.1) is 13.2 Å². The van der Waals surface area contributed by atoms with E-state index in [1.807, 2.05) is 54.6 Å². The molecule has 1 aliphatic rings. The lowest BCUT2D eigenvalue weighted by Crippen LogP contribution is -2.48. The molecule has 3 rings (SSSR count). The maximum Gasteiger partial charge on any atom is 0.407 e. The van der Waals surface area contributed by atoms with Gasteiger partial charge in [0.1, 0.15) is 13.2 Å². The molecule has 10 nitrogen and oxygen atoms in total. The summed E-state index contributed by atoms with van der Waals surface area (Å²) >= 11 is 0. The van der Waals surface area contributed by atoms with Gasteiger partial charge in [-0.3, -0.25) is 14.4 Å². The Balaban J connectivity index is 1.54. The number of allylic oxidation sites excluding steroid dienone is 2. The van der Waals surface area contributed by atoms with Crippen molar-refractivity contribution in [2.45, 2.75) is 76.6 Å². The summed E-state index contributed by atoms with van der Waals surface area (Å²) in [5.41, 5.74) is 3.03. The molecule has 2 aromatic rings. The predicted molar refractivity (Wildman–Crippen MR) is 175 cm³/mol. The molecule has 0 saturated carbocycles. The van der Waals surface area contributed by atoms with Gasteiger partial charge >= 0.3 is 12.1 Å². The molecule has 1 heterocycles. The zero-order valence-corrected chi connectivity index (χ0v) is 26.5. The molecule has 3 N–H and O–H groups in total. The average Bonchev–Trinajstić information content (AvgIpc) is 3.07. The van der Waals surface area contributed by atoms with Crippen LogP contribution in [-0.4, -0.2) is 65.7 Å². The van der Waals surface area contributed by atoms with Crippen molar-refractivity contribution in [3.05, 3.63) is 96.6 Å². The summed E-state index contributed by atoms with van der Waals surface area (Å²) < 4.78 is 10.7. The highest BCUT2D eigenvalue weighted by atomic mass is 16.5. The normalized spacial score (nSPS) is 15.1. The highest BCUT2D eigenvalue weighted by molar-refractivity contribution is 5.86. The van der Waals surface area contributed by atoms with Crippen molar-refractivity contribution in [3.8, 4) is 0 Å². The minimum atomic E-state index is -0.679. The summed E-state index contributed by atoms with van der Waals surface area (Å²) in [4.78, 5) is 52.9. The molecule has 0 aromatic heterocycles. The first-order valence-electron chi connectivity index (χ1n) is 15.9.